The molecule has 2 atom stereocenters. The summed E-state index contributed by atoms with van der Waals surface area (Å²) in [5.41, 5.74) is 0.118. The van der Waals surface area contributed by atoms with Crippen LogP contribution in [0, 0.1) is 0 Å². The van der Waals surface area contributed by atoms with Crippen LogP contribution in [0.4, 0.5) is 9.80 Å². The Morgan fingerprint density at radius 2 is 2.26 bits per heavy atom. The summed E-state index contributed by atoms with van der Waals surface area (Å²) >= 11 is 1.20. The molecular weight excluding hydrogens is 268 g/mol. The average molecular weight is 284 g/mol. The molecule has 0 bridgehead atoms. The largest absolute Gasteiger partial charge is 0.478 e. The number of carbonyl (C=O) groups excluding carboxylic acids is 1. The molecule has 1 saturated heterocycles. The number of carboxylic acid groups (broad SMARTS) is 1. The Labute approximate surface area is 115 Å². The van der Waals surface area contributed by atoms with Gasteiger partial charge in [-0.05, 0) is 25.3 Å². The number of nitrogens with one attached hydrogen (secondary N) is 1. The molecule has 2 amide bonds. The maximum absolute atomic E-state index is 12.2. The molecule has 1 aliphatic rings. The van der Waals surface area contributed by atoms with Gasteiger partial charge in [-0.3, -0.25) is 5.32 Å². The van der Waals surface area contributed by atoms with Crippen LogP contribution in [0.2, 0.25) is 0 Å². The molecule has 0 aromatic carbocycles. The lowest BCUT2D eigenvalue weighted by atomic mass is 10.2. The summed E-state index contributed by atoms with van der Waals surface area (Å²) in [4.78, 5) is 24.8. The number of aromatic carboxylic acids is 1. The highest BCUT2D eigenvalue weighted by Crippen LogP contribution is 2.24. The van der Waals surface area contributed by atoms with Crippen LogP contribution in [-0.4, -0.2) is 47.3 Å². The van der Waals surface area contributed by atoms with E-state index in [0.29, 0.717) is 18.2 Å². The van der Waals surface area contributed by atoms with E-state index in [1.807, 2.05) is 13.8 Å². The van der Waals surface area contributed by atoms with E-state index in [2.05, 4.69) is 5.32 Å². The third-order valence-electron chi connectivity index (χ3n) is 2.98. The second kappa shape index (κ2) is 5.58. The van der Waals surface area contributed by atoms with Crippen LogP contribution < -0.4 is 5.32 Å². The number of carboxylic acids is 1. The fourth-order valence-corrected chi connectivity index (χ4v) is 2.70. The molecule has 2 rings (SSSR count). The SMILES string of the molecule is CC1CN(C(=O)Nc2sccc2C(=O)O)C(C)CO1. The number of hydrogen-bond donors (Lipinski definition) is 2. The summed E-state index contributed by atoms with van der Waals surface area (Å²) in [6, 6.07) is 1.17. The molecule has 0 aliphatic carbocycles. The quantitative estimate of drug-likeness (QED) is 0.871. The van der Waals surface area contributed by atoms with Gasteiger partial charge in [0, 0.05) is 6.54 Å². The Kier molecular flexibility index (Phi) is 4.06. The third kappa shape index (κ3) is 3.05. The van der Waals surface area contributed by atoms with Crippen molar-refractivity contribution in [2.75, 3.05) is 18.5 Å². The van der Waals surface area contributed by atoms with Gasteiger partial charge in [0.05, 0.1) is 24.3 Å². The smallest absolute Gasteiger partial charge is 0.338 e. The Balaban J connectivity index is 2.08. The van der Waals surface area contributed by atoms with Gasteiger partial charge in [-0.15, -0.1) is 11.3 Å². The molecular formula is C12H16N2O4S. The number of urea groups is 1. The second-order valence-electron chi connectivity index (χ2n) is 4.54. The van der Waals surface area contributed by atoms with Crippen molar-refractivity contribution in [3.63, 3.8) is 0 Å². The number of nitrogens with zero attached hydrogens (tertiary/aromatic N) is 1. The molecule has 1 aromatic heterocycles. The minimum Gasteiger partial charge on any atom is -0.478 e. The lowest BCUT2D eigenvalue weighted by molar-refractivity contribution is -0.0296. The highest BCUT2D eigenvalue weighted by molar-refractivity contribution is 7.14. The molecule has 1 aliphatic heterocycles. The van der Waals surface area contributed by atoms with E-state index in [1.54, 1.807) is 10.3 Å². The molecule has 1 fully saturated rings. The van der Waals surface area contributed by atoms with Crippen molar-refractivity contribution in [1.29, 1.82) is 0 Å². The average Bonchev–Trinajstić information content (AvgIpc) is 2.80. The summed E-state index contributed by atoms with van der Waals surface area (Å²) in [5.74, 6) is -1.04. The lowest BCUT2D eigenvalue weighted by Gasteiger charge is -2.36. The first-order valence-electron chi connectivity index (χ1n) is 5.99. The van der Waals surface area contributed by atoms with Crippen LogP contribution in [0.3, 0.4) is 0 Å². The zero-order valence-corrected chi connectivity index (χ0v) is 11.6. The molecule has 0 saturated carbocycles. The Bertz CT molecular complexity index is 488. The molecule has 2 unspecified atom stereocenters. The zero-order valence-electron chi connectivity index (χ0n) is 10.8. The number of rotatable bonds is 2. The normalized spacial score (nSPS) is 23.2. The van der Waals surface area contributed by atoms with E-state index in [0.717, 1.165) is 0 Å². The molecule has 0 radical (unpaired) electrons. The maximum Gasteiger partial charge on any atom is 0.338 e. The molecule has 7 heteroatoms. The van der Waals surface area contributed by atoms with E-state index in [4.69, 9.17) is 9.84 Å². The number of hydrogen-bond acceptors (Lipinski definition) is 4. The lowest BCUT2D eigenvalue weighted by Crippen LogP contribution is -2.51. The van der Waals surface area contributed by atoms with Gasteiger partial charge in [0.25, 0.3) is 0 Å². The zero-order chi connectivity index (χ0) is 14.0. The number of anilines is 1. The van der Waals surface area contributed by atoms with Crippen LogP contribution >= 0.6 is 11.3 Å². The number of morpholine rings is 1. The second-order valence-corrected chi connectivity index (χ2v) is 5.46. The van der Waals surface area contributed by atoms with Crippen molar-refractivity contribution < 1.29 is 19.4 Å². The van der Waals surface area contributed by atoms with Crippen molar-refractivity contribution in [2.24, 2.45) is 0 Å². The topological polar surface area (TPSA) is 78.9 Å². The van der Waals surface area contributed by atoms with Gasteiger partial charge in [0.2, 0.25) is 0 Å². The minimum absolute atomic E-state index is 0.00997. The van der Waals surface area contributed by atoms with Gasteiger partial charge in [-0.1, -0.05) is 0 Å². The van der Waals surface area contributed by atoms with Crippen molar-refractivity contribution in [2.45, 2.75) is 26.0 Å². The number of thiophene rings is 1. The summed E-state index contributed by atoms with van der Waals surface area (Å²) in [5, 5.41) is 13.7. The minimum atomic E-state index is -1.04. The predicted octanol–water partition coefficient (Wildman–Crippen LogP) is 2.09. The summed E-state index contributed by atoms with van der Waals surface area (Å²) in [6.45, 7) is 4.80. The van der Waals surface area contributed by atoms with E-state index in [9.17, 15) is 9.59 Å². The standard InChI is InChI=1S/C12H16N2O4S/c1-7-6-18-8(2)5-14(7)12(17)13-10-9(11(15)16)3-4-19-10/h3-4,7-8H,5-6H2,1-2H3,(H,13,17)(H,15,16). The van der Waals surface area contributed by atoms with E-state index in [1.165, 1.54) is 17.4 Å². The highest BCUT2D eigenvalue weighted by Gasteiger charge is 2.28. The van der Waals surface area contributed by atoms with Crippen LogP contribution in [0.15, 0.2) is 11.4 Å². The van der Waals surface area contributed by atoms with Crippen LogP contribution in [-0.2, 0) is 4.74 Å². The van der Waals surface area contributed by atoms with Gasteiger partial charge in [-0.2, -0.15) is 0 Å². The van der Waals surface area contributed by atoms with Crippen molar-refractivity contribution in [3.8, 4) is 0 Å². The van der Waals surface area contributed by atoms with Crippen LogP contribution in [0.5, 0.6) is 0 Å². The third-order valence-corrected chi connectivity index (χ3v) is 3.81. The van der Waals surface area contributed by atoms with Crippen molar-refractivity contribution >= 4 is 28.3 Å². The Hall–Kier alpha value is -1.60. The molecule has 19 heavy (non-hydrogen) atoms. The van der Waals surface area contributed by atoms with E-state index in [-0.39, 0.29) is 23.7 Å². The van der Waals surface area contributed by atoms with Gasteiger partial charge in [0.15, 0.2) is 0 Å². The van der Waals surface area contributed by atoms with Crippen LogP contribution in [0.1, 0.15) is 24.2 Å². The maximum atomic E-state index is 12.2. The van der Waals surface area contributed by atoms with Crippen molar-refractivity contribution in [1.82, 2.24) is 4.90 Å². The molecule has 6 nitrogen and oxygen atoms in total. The van der Waals surface area contributed by atoms with Gasteiger partial charge in [-0.25, -0.2) is 9.59 Å². The first kappa shape index (κ1) is 13.8. The highest BCUT2D eigenvalue weighted by atomic mass is 32.1. The first-order valence-corrected chi connectivity index (χ1v) is 6.87. The van der Waals surface area contributed by atoms with Gasteiger partial charge < -0.3 is 14.7 Å². The fraction of sp³-hybridized carbons (Fsp3) is 0.500. The number of carbonyl (C=O) groups is 2. The molecule has 0 spiro atoms. The number of amides is 2. The van der Waals surface area contributed by atoms with Gasteiger partial charge in [0.1, 0.15) is 5.00 Å². The monoisotopic (exact) mass is 284 g/mol. The Morgan fingerprint density at radius 1 is 1.53 bits per heavy atom. The molecule has 1 aromatic rings. The summed E-state index contributed by atoms with van der Waals surface area (Å²) < 4.78 is 5.45. The Morgan fingerprint density at radius 3 is 2.95 bits per heavy atom. The molecule has 104 valence electrons. The summed E-state index contributed by atoms with van der Waals surface area (Å²) in [6.07, 6.45) is -0.00997. The summed E-state index contributed by atoms with van der Waals surface area (Å²) in [7, 11) is 0. The van der Waals surface area contributed by atoms with E-state index >= 15 is 0 Å². The van der Waals surface area contributed by atoms with Crippen LogP contribution in [0.25, 0.3) is 0 Å². The number of ether oxygens (including phenoxy) is 1. The fourth-order valence-electron chi connectivity index (χ4n) is 1.93. The molecule has 2 N–H and O–H groups in total. The van der Waals surface area contributed by atoms with Gasteiger partial charge >= 0.3 is 12.0 Å². The predicted molar refractivity (Wildman–Crippen MR) is 71.9 cm³/mol. The van der Waals surface area contributed by atoms with E-state index < -0.39 is 5.97 Å². The first-order chi connectivity index (χ1) is 8.99. The van der Waals surface area contributed by atoms with Crippen molar-refractivity contribution in [3.05, 3.63) is 17.0 Å². The molecule has 2 heterocycles.